The third-order valence-electron chi connectivity index (χ3n) is 4.69. The van der Waals surface area contributed by atoms with E-state index in [0.717, 1.165) is 5.56 Å². The summed E-state index contributed by atoms with van der Waals surface area (Å²) in [6.45, 7) is 0.348. The number of carbonyl (C=O) groups is 2. The minimum absolute atomic E-state index is 0.157. The van der Waals surface area contributed by atoms with Gasteiger partial charge in [-0.3, -0.25) is 14.7 Å². The number of carbonyl (C=O) groups excluding carboxylic acids is 2. The van der Waals surface area contributed by atoms with E-state index < -0.39 is 12.1 Å². The zero-order valence-corrected chi connectivity index (χ0v) is 16.1. The Kier molecular flexibility index (Phi) is 6.15. The highest BCUT2D eigenvalue weighted by Crippen LogP contribution is 2.32. The van der Waals surface area contributed by atoms with Crippen LogP contribution in [-0.4, -0.2) is 67.4 Å². The molecule has 0 saturated carbocycles. The largest absolute Gasteiger partial charge is 0.493 e. The standard InChI is InChI=1S/C19H24N4O5/c1-23(7-6-12-9-20-21-10-12)19(25)18-17(22-16(24)11-28-18)13-4-5-14(26-2)15(8-13)27-3/h4-5,8-10,17-18H,6-7,11H2,1-3H3,(H,20,21)(H,22,24)/t17-,18+/m1/s1. The maximum Gasteiger partial charge on any atom is 0.253 e. The predicted molar refractivity (Wildman–Crippen MR) is 100 cm³/mol. The van der Waals surface area contributed by atoms with Crippen molar-refractivity contribution < 1.29 is 23.8 Å². The predicted octanol–water partition coefficient (Wildman–Crippen LogP) is 0.684. The molecule has 2 N–H and O–H groups in total. The molecule has 0 spiro atoms. The first-order valence-corrected chi connectivity index (χ1v) is 8.89. The number of nitrogens with zero attached hydrogens (tertiary/aromatic N) is 2. The molecule has 1 aliphatic heterocycles. The number of rotatable bonds is 7. The van der Waals surface area contributed by atoms with E-state index in [1.165, 1.54) is 7.11 Å². The SMILES string of the molecule is COc1ccc([C@H]2NC(=O)CO[C@@H]2C(=O)N(C)CCc2cn[nH]c2)cc1OC. The number of H-pyrrole nitrogens is 1. The van der Waals surface area contributed by atoms with Crippen LogP contribution in [0.4, 0.5) is 0 Å². The van der Waals surface area contributed by atoms with Crippen LogP contribution < -0.4 is 14.8 Å². The number of aromatic amines is 1. The van der Waals surface area contributed by atoms with Gasteiger partial charge in [0.1, 0.15) is 6.61 Å². The Morgan fingerprint density at radius 1 is 1.32 bits per heavy atom. The molecular formula is C19H24N4O5. The monoisotopic (exact) mass is 388 g/mol. The summed E-state index contributed by atoms with van der Waals surface area (Å²) in [5.41, 5.74) is 1.71. The van der Waals surface area contributed by atoms with Crippen LogP contribution in [-0.2, 0) is 20.7 Å². The first kappa shape index (κ1) is 19.7. The zero-order chi connectivity index (χ0) is 20.1. The number of nitrogens with one attached hydrogen (secondary N) is 2. The van der Waals surface area contributed by atoms with Crippen LogP contribution in [0.5, 0.6) is 11.5 Å². The molecular weight excluding hydrogens is 364 g/mol. The zero-order valence-electron chi connectivity index (χ0n) is 16.1. The van der Waals surface area contributed by atoms with Crippen molar-refractivity contribution in [2.24, 2.45) is 0 Å². The molecule has 1 aromatic carbocycles. The summed E-state index contributed by atoms with van der Waals surface area (Å²) in [7, 11) is 4.79. The van der Waals surface area contributed by atoms with Gasteiger partial charge in [0, 0.05) is 19.8 Å². The normalized spacial score (nSPS) is 19.0. The molecule has 0 bridgehead atoms. The minimum Gasteiger partial charge on any atom is -0.493 e. The van der Waals surface area contributed by atoms with Gasteiger partial charge in [0.2, 0.25) is 5.91 Å². The Morgan fingerprint density at radius 3 is 2.79 bits per heavy atom. The number of ether oxygens (including phenoxy) is 3. The summed E-state index contributed by atoms with van der Waals surface area (Å²) in [5, 5.41) is 9.51. The molecule has 1 aliphatic rings. The van der Waals surface area contributed by atoms with Crippen LogP contribution in [0.3, 0.4) is 0 Å². The molecule has 150 valence electrons. The smallest absolute Gasteiger partial charge is 0.253 e. The molecule has 2 heterocycles. The van der Waals surface area contributed by atoms with Crippen LogP contribution in [0.15, 0.2) is 30.6 Å². The van der Waals surface area contributed by atoms with Gasteiger partial charge in [-0.15, -0.1) is 0 Å². The summed E-state index contributed by atoms with van der Waals surface area (Å²) in [5.74, 6) is 0.599. The molecule has 0 radical (unpaired) electrons. The number of hydrogen-bond donors (Lipinski definition) is 2. The highest BCUT2D eigenvalue weighted by Gasteiger charge is 2.37. The van der Waals surface area contributed by atoms with Gasteiger partial charge in [-0.05, 0) is 29.7 Å². The third kappa shape index (κ3) is 4.25. The number of benzene rings is 1. The van der Waals surface area contributed by atoms with E-state index in [0.29, 0.717) is 30.0 Å². The Balaban J connectivity index is 1.77. The van der Waals surface area contributed by atoms with Gasteiger partial charge in [-0.2, -0.15) is 5.10 Å². The van der Waals surface area contributed by atoms with Crippen molar-refractivity contribution in [2.75, 3.05) is 34.4 Å². The van der Waals surface area contributed by atoms with Gasteiger partial charge < -0.3 is 24.4 Å². The van der Waals surface area contributed by atoms with Crippen LogP contribution in [0.25, 0.3) is 0 Å². The average Bonchev–Trinajstić information content (AvgIpc) is 3.24. The summed E-state index contributed by atoms with van der Waals surface area (Å²) >= 11 is 0. The summed E-state index contributed by atoms with van der Waals surface area (Å²) < 4.78 is 16.2. The maximum absolute atomic E-state index is 13.0. The summed E-state index contributed by atoms with van der Waals surface area (Å²) in [4.78, 5) is 26.5. The molecule has 9 heteroatoms. The van der Waals surface area contributed by atoms with E-state index in [1.54, 1.807) is 49.7 Å². The van der Waals surface area contributed by atoms with E-state index in [9.17, 15) is 9.59 Å². The number of methoxy groups -OCH3 is 2. The van der Waals surface area contributed by atoms with E-state index in [4.69, 9.17) is 14.2 Å². The Morgan fingerprint density at radius 2 is 2.11 bits per heavy atom. The molecule has 2 atom stereocenters. The Hall–Kier alpha value is -3.07. The third-order valence-corrected chi connectivity index (χ3v) is 4.69. The number of aromatic nitrogens is 2. The number of likely N-dealkylation sites (N-methyl/N-ethyl adjacent to an activating group) is 1. The second-order valence-corrected chi connectivity index (χ2v) is 6.51. The lowest BCUT2D eigenvalue weighted by Gasteiger charge is -2.34. The number of amides is 2. The van der Waals surface area contributed by atoms with Crippen molar-refractivity contribution in [1.82, 2.24) is 20.4 Å². The van der Waals surface area contributed by atoms with E-state index >= 15 is 0 Å². The average molecular weight is 388 g/mol. The van der Waals surface area contributed by atoms with Crippen LogP contribution >= 0.6 is 0 Å². The van der Waals surface area contributed by atoms with Gasteiger partial charge in [0.15, 0.2) is 17.6 Å². The molecule has 2 aromatic rings. The maximum atomic E-state index is 13.0. The fourth-order valence-corrected chi connectivity index (χ4v) is 3.11. The number of morpholine rings is 1. The molecule has 1 aromatic heterocycles. The molecule has 1 fully saturated rings. The first-order chi connectivity index (χ1) is 13.5. The fourth-order valence-electron chi connectivity index (χ4n) is 3.11. The van der Waals surface area contributed by atoms with Crippen LogP contribution in [0, 0.1) is 0 Å². The quantitative estimate of drug-likeness (QED) is 0.723. The van der Waals surface area contributed by atoms with Gasteiger partial charge in [0.05, 0.1) is 26.5 Å². The number of hydrogen-bond acceptors (Lipinski definition) is 6. The lowest BCUT2D eigenvalue weighted by molar-refractivity contribution is -0.154. The second kappa shape index (κ2) is 8.75. The molecule has 0 aliphatic carbocycles. The Labute approximate surface area is 163 Å². The van der Waals surface area contributed by atoms with Gasteiger partial charge >= 0.3 is 0 Å². The van der Waals surface area contributed by atoms with Crippen molar-refractivity contribution in [3.63, 3.8) is 0 Å². The van der Waals surface area contributed by atoms with Crippen molar-refractivity contribution in [3.8, 4) is 11.5 Å². The lowest BCUT2D eigenvalue weighted by Crippen LogP contribution is -2.52. The topological polar surface area (TPSA) is 106 Å². The minimum atomic E-state index is -0.829. The van der Waals surface area contributed by atoms with Crippen molar-refractivity contribution in [3.05, 3.63) is 41.7 Å². The van der Waals surface area contributed by atoms with E-state index in [1.807, 2.05) is 0 Å². The molecule has 28 heavy (non-hydrogen) atoms. The fraction of sp³-hybridized carbons (Fsp3) is 0.421. The summed E-state index contributed by atoms with van der Waals surface area (Å²) in [6, 6.07) is 4.64. The van der Waals surface area contributed by atoms with Crippen molar-refractivity contribution >= 4 is 11.8 Å². The van der Waals surface area contributed by atoms with Gasteiger partial charge in [-0.1, -0.05) is 6.07 Å². The molecule has 3 rings (SSSR count). The van der Waals surface area contributed by atoms with Crippen molar-refractivity contribution in [2.45, 2.75) is 18.6 Å². The van der Waals surface area contributed by atoms with Gasteiger partial charge in [-0.25, -0.2) is 0 Å². The lowest BCUT2D eigenvalue weighted by atomic mass is 9.98. The first-order valence-electron chi connectivity index (χ1n) is 8.89. The molecule has 0 unspecified atom stereocenters. The van der Waals surface area contributed by atoms with Crippen molar-refractivity contribution in [1.29, 1.82) is 0 Å². The summed E-state index contributed by atoms with van der Waals surface area (Å²) in [6.07, 6.45) is 3.35. The molecule has 1 saturated heterocycles. The highest BCUT2D eigenvalue weighted by atomic mass is 16.5. The van der Waals surface area contributed by atoms with E-state index in [-0.39, 0.29) is 18.4 Å². The molecule has 2 amide bonds. The van der Waals surface area contributed by atoms with Crippen LogP contribution in [0.2, 0.25) is 0 Å². The van der Waals surface area contributed by atoms with E-state index in [2.05, 4.69) is 15.5 Å². The molecule has 9 nitrogen and oxygen atoms in total. The Bertz CT molecular complexity index is 824. The highest BCUT2D eigenvalue weighted by molar-refractivity contribution is 5.86. The van der Waals surface area contributed by atoms with Gasteiger partial charge in [0.25, 0.3) is 5.91 Å². The second-order valence-electron chi connectivity index (χ2n) is 6.51. The van der Waals surface area contributed by atoms with Crippen LogP contribution in [0.1, 0.15) is 17.2 Å².